The van der Waals surface area contributed by atoms with Gasteiger partial charge in [0, 0.05) is 42.5 Å². The summed E-state index contributed by atoms with van der Waals surface area (Å²) in [5.74, 6) is -5.45. The van der Waals surface area contributed by atoms with Crippen LogP contribution in [-0.4, -0.2) is 87.5 Å². The zero-order valence-corrected chi connectivity index (χ0v) is 35.6. The van der Waals surface area contributed by atoms with E-state index >= 15 is 0 Å². The number of nitrogens with two attached hydrogens (primary N) is 3. The number of rotatable bonds is 20. The van der Waals surface area contributed by atoms with Crippen LogP contribution < -0.4 is 38.5 Å². The molecule has 3 rings (SSSR count). The number of hydrogen-bond acceptors (Lipinski definition) is 9. The maximum Gasteiger partial charge on any atom is 0.303 e. The van der Waals surface area contributed by atoms with Gasteiger partial charge in [-0.05, 0) is 65.5 Å². The number of aliphatic carboxylic acids is 1. The van der Waals surface area contributed by atoms with Gasteiger partial charge < -0.3 is 53.8 Å². The zero-order valence-electron chi connectivity index (χ0n) is 35.6. The molecule has 0 saturated heterocycles. The highest BCUT2D eigenvalue weighted by Gasteiger charge is 2.33. The zero-order chi connectivity index (χ0) is 45.7. The summed E-state index contributed by atoms with van der Waals surface area (Å²) in [6.45, 7) is 11.5. The van der Waals surface area contributed by atoms with Crippen LogP contribution in [0.3, 0.4) is 0 Å². The number of carboxylic acids is 1. The summed E-state index contributed by atoms with van der Waals surface area (Å²) in [4.78, 5) is 84.0. The number of amides is 5. The molecule has 0 fully saturated rings. The van der Waals surface area contributed by atoms with E-state index in [1.54, 1.807) is 42.5 Å². The molecule has 0 aliphatic rings. The number of benzene rings is 3. The largest absolute Gasteiger partial charge is 0.508 e. The number of carbonyl (C=O) groups is 6. The van der Waals surface area contributed by atoms with E-state index in [4.69, 9.17) is 17.2 Å². The van der Waals surface area contributed by atoms with E-state index in [1.807, 2.05) is 41.5 Å². The third kappa shape index (κ3) is 15.5. The van der Waals surface area contributed by atoms with Gasteiger partial charge in [0.05, 0.1) is 0 Å². The summed E-state index contributed by atoms with van der Waals surface area (Å²) in [5.41, 5.74) is 18.0. The van der Waals surface area contributed by atoms with E-state index in [0.717, 1.165) is 0 Å². The fourth-order valence-electron chi connectivity index (χ4n) is 6.43. The molecule has 0 unspecified atom stereocenters. The molecule has 0 saturated carbocycles. The van der Waals surface area contributed by atoms with E-state index in [-0.39, 0.29) is 55.3 Å². The van der Waals surface area contributed by atoms with Gasteiger partial charge in [0.15, 0.2) is 5.96 Å². The van der Waals surface area contributed by atoms with Crippen LogP contribution in [0.4, 0.5) is 0 Å². The number of aliphatic imine (C=N–C) groups is 1. The lowest BCUT2D eigenvalue weighted by atomic mass is 9.78. The summed E-state index contributed by atoms with van der Waals surface area (Å²) < 4.78 is 0. The Labute approximate surface area is 356 Å². The quantitative estimate of drug-likeness (QED) is 0.0446. The van der Waals surface area contributed by atoms with Crippen LogP contribution in [0.25, 0.3) is 0 Å². The molecule has 0 aromatic heterocycles. The van der Waals surface area contributed by atoms with Crippen molar-refractivity contribution in [2.75, 3.05) is 6.54 Å². The van der Waals surface area contributed by atoms with Crippen molar-refractivity contribution >= 4 is 41.5 Å². The lowest BCUT2D eigenvalue weighted by molar-refractivity contribution is -0.138. The van der Waals surface area contributed by atoms with Crippen LogP contribution in [0.5, 0.6) is 11.5 Å². The number of hydrogen-bond donors (Lipinski definition) is 10. The van der Waals surface area contributed by atoms with Crippen molar-refractivity contribution in [3.63, 3.8) is 0 Å². The molecule has 3 aromatic carbocycles. The minimum Gasteiger partial charge on any atom is -0.508 e. The van der Waals surface area contributed by atoms with Crippen LogP contribution in [0.15, 0.2) is 71.7 Å². The first-order valence-corrected chi connectivity index (χ1v) is 19.9. The average Bonchev–Trinajstić information content (AvgIpc) is 3.16. The molecule has 5 amide bonds. The number of guanidine groups is 1. The Kier molecular flexibility index (Phi) is 17.2. The van der Waals surface area contributed by atoms with Crippen LogP contribution in [0, 0.1) is 0 Å². The SMILES string of the molecule is CC(C)(C)c1cc(C(=O)N[C@@H](Cc2ccccc2)C(=O)N[C@@H](CCCN=C(N)N)C(=O)N[C@@H](CCC(=O)O)C(=O)N[C@@H](Cc2ccc(O)cc2)C(N)=O)cc(C(C)(C)C)c1O. The highest BCUT2D eigenvalue weighted by atomic mass is 16.4. The Morgan fingerprint density at radius 2 is 1.11 bits per heavy atom. The molecule has 0 spiro atoms. The molecule has 0 radical (unpaired) electrons. The topological polar surface area (TPSA) is 302 Å². The molecule has 61 heavy (non-hydrogen) atoms. The van der Waals surface area contributed by atoms with Crippen LogP contribution in [-0.2, 0) is 47.6 Å². The summed E-state index contributed by atoms with van der Waals surface area (Å²) >= 11 is 0. The smallest absolute Gasteiger partial charge is 0.303 e. The third-order valence-electron chi connectivity index (χ3n) is 9.79. The highest BCUT2D eigenvalue weighted by molar-refractivity contribution is 5.99. The molecule has 4 atom stereocenters. The van der Waals surface area contributed by atoms with E-state index in [9.17, 15) is 44.1 Å². The second-order valence-electron chi connectivity index (χ2n) is 17.0. The van der Waals surface area contributed by atoms with E-state index in [0.29, 0.717) is 22.3 Å². The van der Waals surface area contributed by atoms with E-state index in [1.165, 1.54) is 24.3 Å². The lowest BCUT2D eigenvalue weighted by Crippen LogP contribution is -2.58. The monoisotopic (exact) mass is 844 g/mol. The molecule has 0 aliphatic heterocycles. The number of carboxylic acid groups (broad SMARTS) is 1. The Bertz CT molecular complexity index is 2020. The summed E-state index contributed by atoms with van der Waals surface area (Å²) in [5, 5.41) is 40.9. The normalized spacial score (nSPS) is 13.4. The molecule has 330 valence electrons. The molecule has 3 aromatic rings. The highest BCUT2D eigenvalue weighted by Crippen LogP contribution is 2.39. The van der Waals surface area contributed by atoms with Gasteiger partial charge in [0.25, 0.3) is 5.91 Å². The standard InChI is InChI=1S/C44H60N8O9/c1-43(2,3)29-23-27(24-30(36(29)56)44(4,5)6)38(58)52-34(22-25-11-8-7-9-12-25)41(61)49-31(13-10-20-48-42(46)47)39(59)50-32(18-19-35(54)55)40(60)51-33(37(45)57)21-26-14-16-28(53)17-15-26/h7-9,11-12,14-17,23-24,31-34,53,56H,10,13,18-22H2,1-6H3,(H2,45,57)(H,49,61)(H,50,59)(H,51,60)(H,52,58)(H,54,55)(H4,46,47,48)/t31-,32-,33-,34-/m0/s1. The van der Waals surface area contributed by atoms with Crippen molar-refractivity contribution < 1.29 is 44.1 Å². The van der Waals surface area contributed by atoms with Gasteiger partial charge in [0.2, 0.25) is 23.6 Å². The van der Waals surface area contributed by atoms with Gasteiger partial charge in [-0.2, -0.15) is 0 Å². The van der Waals surface area contributed by atoms with Gasteiger partial charge in [0.1, 0.15) is 35.7 Å². The average molecular weight is 845 g/mol. The van der Waals surface area contributed by atoms with Crippen molar-refractivity contribution in [2.45, 2.75) is 115 Å². The lowest BCUT2D eigenvalue weighted by Gasteiger charge is -2.28. The van der Waals surface area contributed by atoms with Gasteiger partial charge in [-0.1, -0.05) is 84.0 Å². The van der Waals surface area contributed by atoms with Crippen molar-refractivity contribution in [1.82, 2.24) is 21.3 Å². The molecule has 0 bridgehead atoms. The first-order valence-electron chi connectivity index (χ1n) is 19.9. The first kappa shape index (κ1) is 48.7. The number of phenolic OH excluding ortho intramolecular Hbond substituents is 2. The van der Waals surface area contributed by atoms with Crippen LogP contribution in [0.2, 0.25) is 0 Å². The summed E-state index contributed by atoms with van der Waals surface area (Å²) in [6.07, 6.45) is -0.879. The third-order valence-corrected chi connectivity index (χ3v) is 9.79. The second kappa shape index (κ2) is 21.6. The van der Waals surface area contributed by atoms with Gasteiger partial charge in [-0.3, -0.25) is 33.8 Å². The van der Waals surface area contributed by atoms with Gasteiger partial charge in [-0.15, -0.1) is 0 Å². The van der Waals surface area contributed by atoms with Crippen molar-refractivity contribution in [1.29, 1.82) is 0 Å². The number of phenols is 2. The molecule has 13 N–H and O–H groups in total. The number of nitrogens with zero attached hydrogens (tertiary/aromatic N) is 1. The Balaban J connectivity index is 1.97. The Morgan fingerprint density at radius 3 is 1.61 bits per heavy atom. The predicted octanol–water partition coefficient (Wildman–Crippen LogP) is 2.13. The van der Waals surface area contributed by atoms with Gasteiger partial charge in [-0.25, -0.2) is 0 Å². The van der Waals surface area contributed by atoms with Crippen molar-refractivity contribution in [3.8, 4) is 11.5 Å². The predicted molar refractivity (Wildman–Crippen MR) is 230 cm³/mol. The maximum absolute atomic E-state index is 14.3. The molecular weight excluding hydrogens is 785 g/mol. The van der Waals surface area contributed by atoms with E-state index < -0.39 is 83.3 Å². The fraction of sp³-hybridized carbons (Fsp3) is 0.432. The van der Waals surface area contributed by atoms with Crippen molar-refractivity contribution in [2.24, 2.45) is 22.2 Å². The maximum atomic E-state index is 14.3. The van der Waals surface area contributed by atoms with E-state index in [2.05, 4.69) is 26.3 Å². The minimum atomic E-state index is -1.49. The molecule has 17 nitrogen and oxygen atoms in total. The molecule has 0 aliphatic carbocycles. The van der Waals surface area contributed by atoms with Gasteiger partial charge >= 0.3 is 5.97 Å². The Morgan fingerprint density at radius 1 is 0.639 bits per heavy atom. The van der Waals surface area contributed by atoms with Crippen molar-refractivity contribution in [3.05, 3.63) is 94.5 Å². The number of carbonyl (C=O) groups excluding carboxylic acids is 5. The molecule has 17 heteroatoms. The second-order valence-corrected chi connectivity index (χ2v) is 17.0. The number of nitrogens with one attached hydrogen (secondary N) is 4. The van der Waals surface area contributed by atoms with Crippen LogP contribution >= 0.6 is 0 Å². The first-order chi connectivity index (χ1) is 28.5. The number of aromatic hydroxyl groups is 2. The minimum absolute atomic E-state index is 0.0102. The molecular formula is C44H60N8O9. The molecule has 0 heterocycles. The summed E-state index contributed by atoms with van der Waals surface area (Å²) in [6, 6.07) is 12.5. The van der Waals surface area contributed by atoms with Crippen LogP contribution in [0.1, 0.15) is 99.8 Å². The number of primary amides is 1. The Hall–Kier alpha value is -6.65. The summed E-state index contributed by atoms with van der Waals surface area (Å²) in [7, 11) is 0. The fourth-order valence-corrected chi connectivity index (χ4v) is 6.43.